The van der Waals surface area contributed by atoms with Crippen LogP contribution in [0.25, 0.3) is 0 Å². The summed E-state index contributed by atoms with van der Waals surface area (Å²) in [6.07, 6.45) is 0. The van der Waals surface area contributed by atoms with E-state index >= 15 is 0 Å². The van der Waals surface area contributed by atoms with E-state index in [9.17, 15) is 9.59 Å². The molecule has 0 aliphatic carbocycles. The fourth-order valence-electron chi connectivity index (χ4n) is 2.07. The van der Waals surface area contributed by atoms with E-state index in [1.165, 1.54) is 4.90 Å². The molecule has 1 aliphatic heterocycles. The van der Waals surface area contributed by atoms with Gasteiger partial charge in [-0.25, -0.2) is 0 Å². The average Bonchev–Trinajstić information content (AvgIpc) is 2.83. The number of piperazine rings is 1. The van der Waals surface area contributed by atoms with E-state index in [0.717, 1.165) is 0 Å². The molecule has 19 heavy (non-hydrogen) atoms. The van der Waals surface area contributed by atoms with Crippen molar-refractivity contribution in [1.29, 1.82) is 0 Å². The first kappa shape index (κ1) is 13.5. The van der Waals surface area contributed by atoms with Gasteiger partial charge >= 0.3 is 0 Å². The summed E-state index contributed by atoms with van der Waals surface area (Å²) in [4.78, 5) is 27.5. The summed E-state index contributed by atoms with van der Waals surface area (Å²) in [5, 5.41) is 6.83. The van der Waals surface area contributed by atoms with Crippen LogP contribution in [-0.4, -0.2) is 66.5 Å². The summed E-state index contributed by atoms with van der Waals surface area (Å²) < 4.78 is 4.98. The van der Waals surface area contributed by atoms with Crippen LogP contribution < -0.4 is 5.32 Å². The highest BCUT2D eigenvalue weighted by molar-refractivity contribution is 5.95. The summed E-state index contributed by atoms with van der Waals surface area (Å²) in [6, 6.07) is 1.09. The number of rotatable bonds is 2. The van der Waals surface area contributed by atoms with Crippen molar-refractivity contribution in [2.45, 2.75) is 13.0 Å². The molecule has 0 spiro atoms. The van der Waals surface area contributed by atoms with Crippen LogP contribution in [0.15, 0.2) is 10.6 Å². The highest BCUT2D eigenvalue weighted by atomic mass is 16.5. The second-order valence-electron chi connectivity index (χ2n) is 4.78. The van der Waals surface area contributed by atoms with Crippen LogP contribution in [0, 0.1) is 6.92 Å². The van der Waals surface area contributed by atoms with Crippen LogP contribution in [0.2, 0.25) is 0 Å². The van der Waals surface area contributed by atoms with Crippen molar-refractivity contribution >= 4 is 11.8 Å². The van der Waals surface area contributed by atoms with Crippen LogP contribution in [-0.2, 0) is 4.79 Å². The number of hydrogen-bond donors (Lipinski definition) is 1. The van der Waals surface area contributed by atoms with Crippen molar-refractivity contribution in [2.75, 3.05) is 33.7 Å². The lowest BCUT2D eigenvalue weighted by atomic mass is 10.1. The monoisotopic (exact) mass is 266 g/mol. The second kappa shape index (κ2) is 5.40. The molecule has 1 aromatic rings. The molecule has 2 amide bonds. The van der Waals surface area contributed by atoms with Crippen LogP contribution in [0.3, 0.4) is 0 Å². The molecule has 0 aromatic carbocycles. The molecular formula is C12H18N4O3. The molecule has 1 aromatic heterocycles. The zero-order valence-electron chi connectivity index (χ0n) is 11.3. The van der Waals surface area contributed by atoms with E-state index in [4.69, 9.17) is 4.52 Å². The minimum atomic E-state index is -0.498. The molecule has 2 rings (SSSR count). The standard InChI is InChI=1S/C12H18N4O3/c1-8-6-10(19-14-8)12(18)16-5-4-13-7-9(16)11(17)15(2)3/h6,9,13H,4-5,7H2,1-3H3. The Hall–Kier alpha value is -1.89. The van der Waals surface area contributed by atoms with Gasteiger partial charge < -0.3 is 19.6 Å². The number of carbonyl (C=O) groups is 2. The van der Waals surface area contributed by atoms with Crippen molar-refractivity contribution in [3.8, 4) is 0 Å². The minimum Gasteiger partial charge on any atom is -0.351 e. The van der Waals surface area contributed by atoms with Crippen molar-refractivity contribution in [1.82, 2.24) is 20.3 Å². The predicted octanol–water partition coefficient (Wildman–Crippen LogP) is -0.515. The summed E-state index contributed by atoms with van der Waals surface area (Å²) in [5.41, 5.74) is 0.647. The van der Waals surface area contributed by atoms with E-state index < -0.39 is 6.04 Å². The number of aromatic nitrogens is 1. The fourth-order valence-corrected chi connectivity index (χ4v) is 2.07. The van der Waals surface area contributed by atoms with Crippen LogP contribution >= 0.6 is 0 Å². The molecule has 0 radical (unpaired) electrons. The Morgan fingerprint density at radius 2 is 2.26 bits per heavy atom. The molecule has 1 unspecified atom stereocenters. The molecule has 1 saturated heterocycles. The van der Waals surface area contributed by atoms with Gasteiger partial charge in [0.25, 0.3) is 5.91 Å². The van der Waals surface area contributed by atoms with Gasteiger partial charge in [-0.2, -0.15) is 0 Å². The number of aryl methyl sites for hydroxylation is 1. The van der Waals surface area contributed by atoms with Crippen molar-refractivity contribution in [3.63, 3.8) is 0 Å². The third kappa shape index (κ3) is 2.76. The van der Waals surface area contributed by atoms with Gasteiger partial charge in [-0.15, -0.1) is 0 Å². The zero-order valence-corrected chi connectivity index (χ0v) is 11.3. The molecule has 1 atom stereocenters. The maximum atomic E-state index is 12.3. The van der Waals surface area contributed by atoms with E-state index in [0.29, 0.717) is 25.3 Å². The second-order valence-corrected chi connectivity index (χ2v) is 4.78. The molecule has 7 nitrogen and oxygen atoms in total. The third-order valence-corrected chi connectivity index (χ3v) is 3.07. The van der Waals surface area contributed by atoms with Gasteiger partial charge in [-0.05, 0) is 6.92 Å². The largest absolute Gasteiger partial charge is 0.351 e. The Morgan fingerprint density at radius 1 is 1.53 bits per heavy atom. The smallest absolute Gasteiger partial charge is 0.293 e. The van der Waals surface area contributed by atoms with Gasteiger partial charge in [-0.1, -0.05) is 5.16 Å². The van der Waals surface area contributed by atoms with Gasteiger partial charge in [0.15, 0.2) is 0 Å². The SMILES string of the molecule is Cc1cc(C(=O)N2CCNCC2C(=O)N(C)C)on1. The number of amides is 2. The summed E-state index contributed by atoms with van der Waals surface area (Å²) in [5.74, 6) is -0.213. The highest BCUT2D eigenvalue weighted by Crippen LogP contribution is 2.13. The summed E-state index contributed by atoms with van der Waals surface area (Å²) in [6.45, 7) is 3.34. The molecule has 0 saturated carbocycles. The lowest BCUT2D eigenvalue weighted by molar-refractivity contribution is -0.134. The molecule has 7 heteroatoms. The number of hydrogen-bond acceptors (Lipinski definition) is 5. The first-order valence-corrected chi connectivity index (χ1v) is 6.17. The lowest BCUT2D eigenvalue weighted by Gasteiger charge is -2.35. The molecule has 104 valence electrons. The molecule has 2 heterocycles. The normalized spacial score (nSPS) is 19.3. The van der Waals surface area contributed by atoms with Gasteiger partial charge in [0.05, 0.1) is 5.69 Å². The predicted molar refractivity (Wildman–Crippen MR) is 67.6 cm³/mol. The van der Waals surface area contributed by atoms with Gasteiger partial charge in [0.2, 0.25) is 11.7 Å². The maximum Gasteiger partial charge on any atom is 0.293 e. The Bertz CT molecular complexity index is 483. The number of nitrogens with one attached hydrogen (secondary N) is 1. The van der Waals surface area contributed by atoms with Crippen LogP contribution in [0.5, 0.6) is 0 Å². The minimum absolute atomic E-state index is 0.100. The topological polar surface area (TPSA) is 78.7 Å². The van der Waals surface area contributed by atoms with Crippen LogP contribution in [0.4, 0.5) is 0 Å². The Kier molecular flexibility index (Phi) is 3.84. The van der Waals surface area contributed by atoms with Gasteiger partial charge in [-0.3, -0.25) is 9.59 Å². The molecule has 1 aliphatic rings. The van der Waals surface area contributed by atoms with E-state index in [2.05, 4.69) is 10.5 Å². The molecule has 1 N–H and O–H groups in total. The molecule has 0 bridgehead atoms. The van der Waals surface area contributed by atoms with E-state index in [1.54, 1.807) is 32.0 Å². The van der Waals surface area contributed by atoms with Crippen molar-refractivity contribution in [2.24, 2.45) is 0 Å². The van der Waals surface area contributed by atoms with Gasteiger partial charge in [0.1, 0.15) is 6.04 Å². The first-order chi connectivity index (χ1) is 9.00. The molecule has 1 fully saturated rings. The summed E-state index contributed by atoms with van der Waals surface area (Å²) in [7, 11) is 3.36. The lowest BCUT2D eigenvalue weighted by Crippen LogP contribution is -2.59. The Balaban J connectivity index is 2.20. The Labute approximate surface area is 111 Å². The van der Waals surface area contributed by atoms with E-state index in [-0.39, 0.29) is 17.6 Å². The van der Waals surface area contributed by atoms with Crippen LogP contribution in [0.1, 0.15) is 16.2 Å². The third-order valence-electron chi connectivity index (χ3n) is 3.07. The van der Waals surface area contributed by atoms with E-state index in [1.807, 2.05) is 0 Å². The maximum absolute atomic E-state index is 12.3. The van der Waals surface area contributed by atoms with Crippen molar-refractivity contribution < 1.29 is 14.1 Å². The van der Waals surface area contributed by atoms with Gasteiger partial charge in [0, 0.05) is 39.8 Å². The first-order valence-electron chi connectivity index (χ1n) is 6.17. The van der Waals surface area contributed by atoms with Crippen molar-refractivity contribution in [3.05, 3.63) is 17.5 Å². The highest BCUT2D eigenvalue weighted by Gasteiger charge is 2.34. The Morgan fingerprint density at radius 3 is 2.84 bits per heavy atom. The quantitative estimate of drug-likeness (QED) is 0.779. The fraction of sp³-hybridized carbons (Fsp3) is 0.583. The number of likely N-dealkylation sites (N-methyl/N-ethyl adjacent to an activating group) is 1. The number of nitrogens with zero attached hydrogens (tertiary/aromatic N) is 3. The average molecular weight is 266 g/mol. The molecular weight excluding hydrogens is 248 g/mol. The summed E-state index contributed by atoms with van der Waals surface area (Å²) >= 11 is 0. The number of carbonyl (C=O) groups excluding carboxylic acids is 2. The zero-order chi connectivity index (χ0) is 14.0.